The highest BCUT2D eigenvalue weighted by atomic mass is 16.2. The number of benzene rings is 1. The van der Waals surface area contributed by atoms with E-state index in [1.54, 1.807) is 23.1 Å². The third kappa shape index (κ3) is 2.81. The van der Waals surface area contributed by atoms with Crippen LogP contribution in [0.1, 0.15) is 36.4 Å². The first-order valence-electron chi connectivity index (χ1n) is 8.84. The molecule has 0 aliphatic carbocycles. The van der Waals surface area contributed by atoms with Crippen LogP contribution in [-0.2, 0) is 20.1 Å². The van der Waals surface area contributed by atoms with E-state index in [9.17, 15) is 9.59 Å². The van der Waals surface area contributed by atoms with Crippen molar-refractivity contribution in [2.75, 3.05) is 0 Å². The molecule has 0 spiro atoms. The van der Waals surface area contributed by atoms with E-state index in [0.29, 0.717) is 30.1 Å². The molecule has 26 heavy (non-hydrogen) atoms. The molecule has 3 aromatic rings. The van der Waals surface area contributed by atoms with E-state index in [4.69, 9.17) is 0 Å². The second kappa shape index (κ2) is 6.78. The molecule has 0 N–H and O–H groups in total. The lowest BCUT2D eigenvalue weighted by molar-refractivity contribution is 0.604. The van der Waals surface area contributed by atoms with Crippen LogP contribution in [0, 0.1) is 13.8 Å². The summed E-state index contributed by atoms with van der Waals surface area (Å²) in [5, 5.41) is 0. The van der Waals surface area contributed by atoms with E-state index >= 15 is 0 Å². The van der Waals surface area contributed by atoms with Crippen molar-refractivity contribution in [1.82, 2.24) is 18.7 Å². The van der Waals surface area contributed by atoms with Gasteiger partial charge in [-0.05, 0) is 50.5 Å². The average Bonchev–Trinajstić information content (AvgIpc) is 2.93. The first-order valence-corrected chi connectivity index (χ1v) is 8.84. The standard InChI is InChI=1S/C20H24N4O2/c1-6-23-18-17(19(25)24(7-2)20(23)26)22(5)16(21-18)11-10-15-9-8-13(3)14(4)12-15/h8-12H,6-7H2,1-5H3/b11-10+. The first-order chi connectivity index (χ1) is 12.4. The van der Waals surface area contributed by atoms with Crippen molar-refractivity contribution in [1.29, 1.82) is 0 Å². The molecule has 136 valence electrons. The zero-order chi connectivity index (χ0) is 19.0. The average molecular weight is 352 g/mol. The minimum atomic E-state index is -0.310. The molecule has 2 aromatic heterocycles. The number of imidazole rings is 1. The largest absolute Gasteiger partial charge is 0.332 e. The summed E-state index contributed by atoms with van der Waals surface area (Å²) in [5.74, 6) is 0.644. The quantitative estimate of drug-likeness (QED) is 0.725. The second-order valence-corrected chi connectivity index (χ2v) is 6.45. The van der Waals surface area contributed by atoms with Gasteiger partial charge in [0.1, 0.15) is 5.82 Å². The van der Waals surface area contributed by atoms with Gasteiger partial charge in [0.05, 0.1) is 0 Å². The minimum absolute atomic E-state index is 0.293. The first kappa shape index (κ1) is 17.9. The molecule has 6 nitrogen and oxygen atoms in total. The summed E-state index contributed by atoms with van der Waals surface area (Å²) < 4.78 is 4.56. The van der Waals surface area contributed by atoms with Gasteiger partial charge >= 0.3 is 5.69 Å². The SMILES string of the molecule is CCn1c(=O)c2c(nc(/C=C/c3ccc(C)c(C)c3)n2C)n(CC)c1=O. The van der Waals surface area contributed by atoms with E-state index in [0.717, 1.165) is 5.56 Å². The molecule has 0 atom stereocenters. The lowest BCUT2D eigenvalue weighted by Crippen LogP contribution is -2.39. The third-order valence-corrected chi connectivity index (χ3v) is 4.86. The maximum absolute atomic E-state index is 12.7. The lowest BCUT2D eigenvalue weighted by atomic mass is 10.1. The molecule has 0 amide bonds. The van der Waals surface area contributed by atoms with Crippen LogP contribution in [0.3, 0.4) is 0 Å². The third-order valence-electron chi connectivity index (χ3n) is 4.86. The summed E-state index contributed by atoms with van der Waals surface area (Å²) in [4.78, 5) is 29.8. The zero-order valence-corrected chi connectivity index (χ0v) is 15.9. The Kier molecular flexibility index (Phi) is 4.68. The summed E-state index contributed by atoms with van der Waals surface area (Å²) in [6, 6.07) is 6.24. The molecule has 0 unspecified atom stereocenters. The number of aromatic nitrogens is 4. The van der Waals surface area contributed by atoms with Gasteiger partial charge in [0.2, 0.25) is 0 Å². The number of fused-ring (bicyclic) bond motifs is 1. The molecule has 0 saturated heterocycles. The lowest BCUT2D eigenvalue weighted by Gasteiger charge is -2.08. The maximum atomic E-state index is 12.7. The number of hydrogen-bond donors (Lipinski definition) is 0. The Morgan fingerprint density at radius 2 is 1.69 bits per heavy atom. The molecule has 0 bridgehead atoms. The number of nitrogens with zero attached hydrogens (tertiary/aromatic N) is 4. The van der Waals surface area contributed by atoms with Crippen molar-refractivity contribution >= 4 is 23.3 Å². The fourth-order valence-electron chi connectivity index (χ4n) is 3.13. The highest BCUT2D eigenvalue weighted by Gasteiger charge is 2.17. The van der Waals surface area contributed by atoms with Gasteiger partial charge in [-0.25, -0.2) is 9.78 Å². The van der Waals surface area contributed by atoms with Gasteiger partial charge in [0.25, 0.3) is 5.56 Å². The summed E-state index contributed by atoms with van der Waals surface area (Å²) in [6.07, 6.45) is 3.85. The molecule has 2 heterocycles. The van der Waals surface area contributed by atoms with Crippen molar-refractivity contribution in [3.63, 3.8) is 0 Å². The molecule has 0 saturated carbocycles. The Hall–Kier alpha value is -2.89. The van der Waals surface area contributed by atoms with E-state index in [2.05, 4.69) is 31.0 Å². The van der Waals surface area contributed by atoms with E-state index in [-0.39, 0.29) is 11.2 Å². The number of rotatable bonds is 4. The summed E-state index contributed by atoms with van der Waals surface area (Å²) in [7, 11) is 1.81. The van der Waals surface area contributed by atoms with Gasteiger partial charge in [-0.2, -0.15) is 0 Å². The Morgan fingerprint density at radius 3 is 2.31 bits per heavy atom. The van der Waals surface area contributed by atoms with E-state index in [1.807, 2.05) is 25.1 Å². The van der Waals surface area contributed by atoms with Crippen LogP contribution in [0.15, 0.2) is 27.8 Å². The summed E-state index contributed by atoms with van der Waals surface area (Å²) in [5.41, 5.74) is 3.83. The summed E-state index contributed by atoms with van der Waals surface area (Å²) >= 11 is 0. The molecule has 0 aliphatic rings. The van der Waals surface area contributed by atoms with Crippen molar-refractivity contribution in [2.45, 2.75) is 40.8 Å². The molecule has 6 heteroatoms. The van der Waals surface area contributed by atoms with Gasteiger partial charge in [-0.15, -0.1) is 0 Å². The molecule has 0 radical (unpaired) electrons. The Morgan fingerprint density at radius 1 is 1.00 bits per heavy atom. The maximum Gasteiger partial charge on any atom is 0.332 e. The molecular weight excluding hydrogens is 328 g/mol. The zero-order valence-electron chi connectivity index (χ0n) is 15.9. The van der Waals surface area contributed by atoms with Gasteiger partial charge in [-0.1, -0.05) is 24.3 Å². The number of hydrogen-bond acceptors (Lipinski definition) is 3. The molecular formula is C20H24N4O2. The van der Waals surface area contributed by atoms with Crippen LogP contribution in [0.5, 0.6) is 0 Å². The molecule has 0 fully saturated rings. The van der Waals surface area contributed by atoms with Gasteiger partial charge < -0.3 is 4.57 Å². The Balaban J connectivity index is 2.19. The van der Waals surface area contributed by atoms with Gasteiger partial charge in [0, 0.05) is 20.1 Å². The van der Waals surface area contributed by atoms with Crippen LogP contribution in [0.2, 0.25) is 0 Å². The summed E-state index contributed by atoms with van der Waals surface area (Å²) in [6.45, 7) is 8.64. The van der Waals surface area contributed by atoms with Crippen LogP contribution in [0.4, 0.5) is 0 Å². The fraction of sp³-hybridized carbons (Fsp3) is 0.350. The van der Waals surface area contributed by atoms with Gasteiger partial charge in [0.15, 0.2) is 11.2 Å². The number of aryl methyl sites for hydroxylation is 4. The fourth-order valence-corrected chi connectivity index (χ4v) is 3.13. The monoisotopic (exact) mass is 352 g/mol. The normalized spacial score (nSPS) is 11.7. The molecule has 3 rings (SSSR count). The predicted molar refractivity (Wildman–Crippen MR) is 105 cm³/mol. The minimum Gasteiger partial charge on any atom is -0.322 e. The predicted octanol–water partition coefficient (Wildman–Crippen LogP) is 2.72. The van der Waals surface area contributed by atoms with Crippen LogP contribution in [-0.4, -0.2) is 18.7 Å². The van der Waals surface area contributed by atoms with Crippen molar-refractivity contribution < 1.29 is 0 Å². The Labute approximate surface area is 152 Å². The van der Waals surface area contributed by atoms with Crippen molar-refractivity contribution in [3.05, 3.63) is 61.6 Å². The topological polar surface area (TPSA) is 61.8 Å². The van der Waals surface area contributed by atoms with Crippen LogP contribution < -0.4 is 11.2 Å². The van der Waals surface area contributed by atoms with Gasteiger partial charge in [-0.3, -0.25) is 13.9 Å². The molecule has 1 aromatic carbocycles. The van der Waals surface area contributed by atoms with Crippen molar-refractivity contribution in [3.8, 4) is 0 Å². The van der Waals surface area contributed by atoms with E-state index in [1.165, 1.54) is 15.7 Å². The van der Waals surface area contributed by atoms with E-state index < -0.39 is 0 Å². The second-order valence-electron chi connectivity index (χ2n) is 6.45. The van der Waals surface area contributed by atoms with Crippen LogP contribution >= 0.6 is 0 Å². The van der Waals surface area contributed by atoms with Crippen LogP contribution in [0.25, 0.3) is 23.3 Å². The highest BCUT2D eigenvalue weighted by molar-refractivity contribution is 5.76. The highest BCUT2D eigenvalue weighted by Crippen LogP contribution is 2.15. The Bertz CT molecular complexity index is 1130. The van der Waals surface area contributed by atoms with Crippen molar-refractivity contribution in [2.24, 2.45) is 7.05 Å². The molecule has 0 aliphatic heterocycles. The smallest absolute Gasteiger partial charge is 0.322 e.